The summed E-state index contributed by atoms with van der Waals surface area (Å²) in [5.41, 5.74) is 1.15. The van der Waals surface area contributed by atoms with Crippen LogP contribution in [0.15, 0.2) is 78.4 Å². The summed E-state index contributed by atoms with van der Waals surface area (Å²) >= 11 is 1.07. The van der Waals surface area contributed by atoms with Crippen LogP contribution in [-0.4, -0.2) is 21.8 Å². The number of hydrogen-bond acceptors (Lipinski definition) is 5. The van der Waals surface area contributed by atoms with E-state index in [0.29, 0.717) is 15.8 Å². The summed E-state index contributed by atoms with van der Waals surface area (Å²) in [7, 11) is 0. The molecule has 1 saturated heterocycles. The molecular formula is C24H14F2N2O3S. The van der Waals surface area contributed by atoms with E-state index in [1.807, 2.05) is 0 Å². The van der Waals surface area contributed by atoms with E-state index in [9.17, 15) is 23.5 Å². The van der Waals surface area contributed by atoms with E-state index in [4.69, 9.17) is 0 Å². The molecule has 1 aromatic heterocycles. The third-order valence-electron chi connectivity index (χ3n) is 5.22. The lowest BCUT2D eigenvalue weighted by Gasteiger charge is -2.22. The van der Waals surface area contributed by atoms with Crippen LogP contribution in [0.5, 0.6) is 0 Å². The second-order valence-corrected chi connectivity index (χ2v) is 8.20. The van der Waals surface area contributed by atoms with E-state index in [2.05, 4.69) is 4.98 Å². The van der Waals surface area contributed by atoms with Crippen molar-refractivity contribution in [3.63, 3.8) is 0 Å². The molecule has 1 N–H and O–H groups in total. The number of Topliss-reactive ketones (excluding diaryl/α,β-unsaturated/α-hetero) is 1. The summed E-state index contributed by atoms with van der Waals surface area (Å²) in [6.45, 7) is 0. The number of carbonyl (C=O) groups is 2. The van der Waals surface area contributed by atoms with Crippen LogP contribution in [0.1, 0.15) is 17.2 Å². The first-order valence-corrected chi connectivity index (χ1v) is 10.4. The zero-order valence-corrected chi connectivity index (χ0v) is 17.1. The fourth-order valence-corrected chi connectivity index (χ4v) is 4.75. The van der Waals surface area contributed by atoms with Gasteiger partial charge in [0.25, 0.3) is 5.78 Å². The average molecular weight is 448 g/mol. The molecule has 1 aliphatic rings. The molecule has 0 saturated carbocycles. The summed E-state index contributed by atoms with van der Waals surface area (Å²) in [4.78, 5) is 31.8. The molecule has 0 spiro atoms. The van der Waals surface area contributed by atoms with Crippen LogP contribution in [0.3, 0.4) is 0 Å². The standard InChI is InChI=1S/C24H14F2N2O3S/c25-15-8-6-14(7-9-15)21(29)19-20(13-4-2-1-3-5-13)28(23(31)22(19)30)24-27-17-11-10-16(26)12-18(17)32-24/h1-12,20,29H/t20-/m0/s1. The monoisotopic (exact) mass is 448 g/mol. The van der Waals surface area contributed by atoms with Crippen molar-refractivity contribution in [1.29, 1.82) is 0 Å². The number of fused-ring (bicyclic) bond motifs is 1. The molecule has 1 aliphatic heterocycles. The topological polar surface area (TPSA) is 70.5 Å². The first kappa shape index (κ1) is 20.0. The summed E-state index contributed by atoms with van der Waals surface area (Å²) < 4.78 is 27.5. The van der Waals surface area contributed by atoms with E-state index < -0.39 is 35.1 Å². The van der Waals surface area contributed by atoms with E-state index in [0.717, 1.165) is 23.5 Å². The largest absolute Gasteiger partial charge is 0.507 e. The lowest BCUT2D eigenvalue weighted by atomic mass is 9.95. The summed E-state index contributed by atoms with van der Waals surface area (Å²) in [5, 5.41) is 11.2. The van der Waals surface area contributed by atoms with Gasteiger partial charge in [-0.05, 0) is 48.0 Å². The van der Waals surface area contributed by atoms with Crippen LogP contribution in [-0.2, 0) is 9.59 Å². The molecule has 4 aromatic rings. The summed E-state index contributed by atoms with van der Waals surface area (Å²) in [6.07, 6.45) is 0. The highest BCUT2D eigenvalue weighted by Gasteiger charge is 2.48. The molecule has 1 atom stereocenters. The number of aromatic nitrogens is 1. The van der Waals surface area contributed by atoms with E-state index in [-0.39, 0.29) is 16.3 Å². The average Bonchev–Trinajstić information content (AvgIpc) is 3.32. The Hall–Kier alpha value is -3.91. The maximum Gasteiger partial charge on any atom is 0.301 e. The summed E-state index contributed by atoms with van der Waals surface area (Å²) in [6, 6.07) is 16.9. The highest BCUT2D eigenvalue weighted by atomic mass is 32.1. The number of rotatable bonds is 3. The van der Waals surface area contributed by atoms with Gasteiger partial charge in [0.15, 0.2) is 5.13 Å². The normalized spacial score (nSPS) is 17.9. The summed E-state index contributed by atoms with van der Waals surface area (Å²) in [5.74, 6) is -3.09. The van der Waals surface area contributed by atoms with Gasteiger partial charge < -0.3 is 5.11 Å². The molecule has 1 amide bonds. The Bertz CT molecular complexity index is 1400. The molecule has 0 aliphatic carbocycles. The van der Waals surface area contributed by atoms with Crippen molar-refractivity contribution in [3.8, 4) is 0 Å². The molecule has 0 bridgehead atoms. The Morgan fingerprint density at radius 2 is 1.62 bits per heavy atom. The maximum absolute atomic E-state index is 13.7. The molecular weight excluding hydrogens is 434 g/mol. The molecule has 3 aromatic carbocycles. The number of ketones is 1. The first-order valence-electron chi connectivity index (χ1n) is 9.62. The highest BCUT2D eigenvalue weighted by molar-refractivity contribution is 7.22. The fourth-order valence-electron chi connectivity index (χ4n) is 3.73. The number of aliphatic hydroxyl groups is 1. The predicted octanol–water partition coefficient (Wildman–Crippen LogP) is 5.20. The Labute approximate surface area is 184 Å². The van der Waals surface area contributed by atoms with Gasteiger partial charge in [-0.25, -0.2) is 13.8 Å². The van der Waals surface area contributed by atoms with Crippen molar-refractivity contribution < 1.29 is 23.5 Å². The van der Waals surface area contributed by atoms with Crippen LogP contribution in [0.25, 0.3) is 16.0 Å². The van der Waals surface area contributed by atoms with E-state index in [1.165, 1.54) is 35.2 Å². The van der Waals surface area contributed by atoms with Crippen molar-refractivity contribution in [2.75, 3.05) is 4.90 Å². The van der Waals surface area contributed by atoms with Crippen molar-refractivity contribution in [2.24, 2.45) is 0 Å². The Morgan fingerprint density at radius 1 is 0.938 bits per heavy atom. The van der Waals surface area contributed by atoms with Gasteiger partial charge >= 0.3 is 5.91 Å². The van der Waals surface area contributed by atoms with Crippen LogP contribution < -0.4 is 4.90 Å². The minimum absolute atomic E-state index is 0.127. The molecule has 8 heteroatoms. The van der Waals surface area contributed by atoms with Crippen LogP contribution in [0, 0.1) is 11.6 Å². The third-order valence-corrected chi connectivity index (χ3v) is 6.24. The Morgan fingerprint density at radius 3 is 2.34 bits per heavy atom. The zero-order valence-electron chi connectivity index (χ0n) is 16.3. The van der Waals surface area contributed by atoms with Crippen LogP contribution >= 0.6 is 11.3 Å². The molecule has 0 radical (unpaired) electrons. The quantitative estimate of drug-likeness (QED) is 0.266. The van der Waals surface area contributed by atoms with Crippen molar-refractivity contribution >= 4 is 44.1 Å². The van der Waals surface area contributed by atoms with E-state index in [1.54, 1.807) is 30.3 Å². The van der Waals surface area contributed by atoms with Gasteiger partial charge in [-0.2, -0.15) is 0 Å². The molecule has 2 heterocycles. The molecule has 1 fully saturated rings. The number of thiazole rings is 1. The van der Waals surface area contributed by atoms with Crippen molar-refractivity contribution in [1.82, 2.24) is 4.98 Å². The molecule has 158 valence electrons. The van der Waals surface area contributed by atoms with Gasteiger partial charge in [-0.1, -0.05) is 41.7 Å². The van der Waals surface area contributed by atoms with Crippen molar-refractivity contribution in [3.05, 3.63) is 101 Å². The molecule has 5 rings (SSSR count). The minimum Gasteiger partial charge on any atom is -0.507 e. The predicted molar refractivity (Wildman–Crippen MR) is 117 cm³/mol. The smallest absolute Gasteiger partial charge is 0.301 e. The number of aliphatic hydroxyl groups excluding tert-OH is 1. The fraction of sp³-hybridized carbons (Fsp3) is 0.0417. The van der Waals surface area contributed by atoms with Crippen LogP contribution in [0.2, 0.25) is 0 Å². The zero-order chi connectivity index (χ0) is 22.4. The second kappa shape index (κ2) is 7.65. The number of hydrogen-bond donors (Lipinski definition) is 1. The van der Waals surface area contributed by atoms with Gasteiger partial charge in [-0.15, -0.1) is 0 Å². The molecule has 5 nitrogen and oxygen atoms in total. The third kappa shape index (κ3) is 3.25. The van der Waals surface area contributed by atoms with Gasteiger partial charge in [-0.3, -0.25) is 14.5 Å². The van der Waals surface area contributed by atoms with E-state index >= 15 is 0 Å². The maximum atomic E-state index is 13.7. The molecule has 32 heavy (non-hydrogen) atoms. The number of nitrogens with zero attached hydrogens (tertiary/aromatic N) is 2. The lowest BCUT2D eigenvalue weighted by molar-refractivity contribution is -0.132. The number of carbonyl (C=O) groups excluding carboxylic acids is 2. The number of benzene rings is 3. The number of anilines is 1. The number of halogens is 2. The first-order chi connectivity index (χ1) is 15.4. The Kier molecular flexibility index (Phi) is 4.79. The molecule has 0 unspecified atom stereocenters. The lowest BCUT2D eigenvalue weighted by Crippen LogP contribution is -2.29. The minimum atomic E-state index is -0.952. The highest BCUT2D eigenvalue weighted by Crippen LogP contribution is 2.44. The van der Waals surface area contributed by atoms with Gasteiger partial charge in [0.1, 0.15) is 17.4 Å². The number of amides is 1. The second-order valence-electron chi connectivity index (χ2n) is 7.20. The SMILES string of the molecule is O=C1C(=O)N(c2nc3ccc(F)cc3s2)[C@@H](c2ccccc2)C1=C(O)c1ccc(F)cc1. The van der Waals surface area contributed by atoms with Gasteiger partial charge in [0.2, 0.25) is 0 Å². The van der Waals surface area contributed by atoms with Crippen molar-refractivity contribution in [2.45, 2.75) is 6.04 Å². The Balaban J connectivity index is 1.72. The van der Waals surface area contributed by atoms with Gasteiger partial charge in [0, 0.05) is 5.56 Å². The van der Waals surface area contributed by atoms with Crippen LogP contribution in [0.4, 0.5) is 13.9 Å². The van der Waals surface area contributed by atoms with Gasteiger partial charge in [0.05, 0.1) is 21.8 Å².